The summed E-state index contributed by atoms with van der Waals surface area (Å²) in [6.07, 6.45) is 21.6. The molecule has 0 unspecified atom stereocenters. The van der Waals surface area contributed by atoms with Gasteiger partial charge in [-0.1, -0.05) is 117 Å². The van der Waals surface area contributed by atoms with E-state index in [0.717, 1.165) is 38.5 Å². The Hall–Kier alpha value is -1.14. The van der Waals surface area contributed by atoms with Gasteiger partial charge in [0.2, 0.25) is 0 Å². The molecule has 0 aromatic rings. The number of carbonyl (C=O) groups excluding carboxylic acids is 2. The first-order valence-corrected chi connectivity index (χ1v) is 13.4. The van der Waals surface area contributed by atoms with E-state index in [1.54, 1.807) is 0 Å². The van der Waals surface area contributed by atoms with E-state index in [1.807, 2.05) is 0 Å². The summed E-state index contributed by atoms with van der Waals surface area (Å²) >= 11 is 0. The molecule has 0 aliphatic carbocycles. The number of carbonyl (C=O) groups is 2. The predicted octanol–water partition coefficient (Wildman–Crippen LogP) is 6.49. The second-order valence-electron chi connectivity index (χ2n) is 9.12. The zero-order chi connectivity index (χ0) is 23.9. The molecule has 0 rings (SSSR count). The van der Waals surface area contributed by atoms with Crippen molar-refractivity contribution >= 4 is 11.9 Å². The normalized spacial score (nSPS) is 11.5. The molecule has 32 heavy (non-hydrogen) atoms. The molecule has 0 aromatic carbocycles. The zero-order valence-electron chi connectivity index (χ0n) is 21.1. The van der Waals surface area contributed by atoms with Gasteiger partial charge >= 0.3 is 17.8 Å². The third-order valence-electron chi connectivity index (χ3n) is 5.83. The Labute approximate surface area is 197 Å². The van der Waals surface area contributed by atoms with Gasteiger partial charge in [-0.3, -0.25) is 15.3 Å². The molecule has 0 spiro atoms. The monoisotopic (exact) mass is 456 g/mol. The van der Waals surface area contributed by atoms with E-state index in [1.165, 1.54) is 77.0 Å². The highest BCUT2D eigenvalue weighted by Crippen LogP contribution is 2.15. The van der Waals surface area contributed by atoms with Gasteiger partial charge in [0.05, 0.1) is 6.54 Å². The van der Waals surface area contributed by atoms with E-state index >= 15 is 0 Å². The number of nitrogens with two attached hydrogens (primary N) is 2. The number of hydrogen-bond acceptors (Lipinski definition) is 6. The van der Waals surface area contributed by atoms with Gasteiger partial charge in [0.25, 0.3) is 0 Å². The van der Waals surface area contributed by atoms with Crippen molar-refractivity contribution in [1.29, 1.82) is 0 Å². The van der Waals surface area contributed by atoms with Crippen LogP contribution in [0.15, 0.2) is 0 Å². The summed E-state index contributed by atoms with van der Waals surface area (Å²) in [5, 5.41) is 0. The first kappa shape index (κ1) is 30.9. The highest BCUT2D eigenvalue weighted by molar-refractivity contribution is 5.72. The average molecular weight is 457 g/mol. The molecular formula is C26H52N2O4. The number of hydrogen-bond donors (Lipinski definition) is 2. The molecule has 0 heterocycles. The van der Waals surface area contributed by atoms with E-state index < -0.39 is 17.8 Å². The van der Waals surface area contributed by atoms with Crippen LogP contribution in [-0.2, 0) is 19.1 Å². The van der Waals surface area contributed by atoms with E-state index in [0.29, 0.717) is 0 Å². The van der Waals surface area contributed by atoms with E-state index in [4.69, 9.17) is 20.9 Å². The minimum absolute atomic E-state index is 0.250. The molecule has 0 aliphatic rings. The molecule has 0 saturated carbocycles. The van der Waals surface area contributed by atoms with Crippen LogP contribution < -0.4 is 11.5 Å². The molecule has 190 valence electrons. The number of unbranched alkanes of at least 4 members (excludes halogenated alkanes) is 16. The molecule has 0 aromatic heterocycles. The van der Waals surface area contributed by atoms with Gasteiger partial charge in [-0.25, -0.2) is 0 Å². The second-order valence-corrected chi connectivity index (χ2v) is 9.12. The Morgan fingerprint density at radius 3 is 1.12 bits per heavy atom. The number of ether oxygens (including phenoxy) is 2. The van der Waals surface area contributed by atoms with Crippen LogP contribution in [0.4, 0.5) is 0 Å². The summed E-state index contributed by atoms with van der Waals surface area (Å²) in [6, 6.07) is 0. The Balaban J connectivity index is 3.83. The van der Waals surface area contributed by atoms with Crippen molar-refractivity contribution < 1.29 is 19.1 Å². The summed E-state index contributed by atoms with van der Waals surface area (Å²) in [5.41, 5.74) is 11.5. The fraction of sp³-hybridized carbons (Fsp3) is 0.923. The van der Waals surface area contributed by atoms with Crippen LogP contribution in [0.5, 0.6) is 0 Å². The van der Waals surface area contributed by atoms with Crippen LogP contribution in [0.3, 0.4) is 0 Å². The molecule has 0 fully saturated rings. The van der Waals surface area contributed by atoms with Crippen molar-refractivity contribution in [2.75, 3.05) is 6.54 Å². The first-order valence-electron chi connectivity index (χ1n) is 13.4. The Kier molecular flexibility index (Phi) is 20.9. The maximum atomic E-state index is 12.1. The lowest BCUT2D eigenvalue weighted by atomic mass is 10.1. The van der Waals surface area contributed by atoms with E-state index in [2.05, 4.69) is 13.8 Å². The smallest absolute Gasteiger partial charge is 0.328 e. The van der Waals surface area contributed by atoms with Gasteiger partial charge in [-0.05, 0) is 12.8 Å². The molecule has 6 heteroatoms. The van der Waals surface area contributed by atoms with Crippen molar-refractivity contribution in [1.82, 2.24) is 0 Å². The van der Waals surface area contributed by atoms with Crippen molar-refractivity contribution in [2.24, 2.45) is 11.5 Å². The minimum Gasteiger partial charge on any atom is -0.407 e. The van der Waals surface area contributed by atoms with Gasteiger partial charge < -0.3 is 15.2 Å². The second kappa shape index (κ2) is 21.7. The standard InChI is InChI=1S/C26H52N2O4/c1-3-5-7-9-11-13-15-17-19-21-24(29)31-26(28,23-27)32-25(30)22-20-18-16-14-12-10-8-6-4-2/h3-23,27-28H2,1-2H3. The fourth-order valence-electron chi connectivity index (χ4n) is 3.75. The molecule has 0 bridgehead atoms. The van der Waals surface area contributed by atoms with Crippen LogP contribution in [0.2, 0.25) is 0 Å². The molecule has 0 saturated heterocycles. The molecule has 0 atom stereocenters. The third kappa shape index (κ3) is 19.5. The van der Waals surface area contributed by atoms with E-state index in [9.17, 15) is 9.59 Å². The topological polar surface area (TPSA) is 105 Å². The fourth-order valence-corrected chi connectivity index (χ4v) is 3.75. The summed E-state index contributed by atoms with van der Waals surface area (Å²) in [6.45, 7) is 4.19. The summed E-state index contributed by atoms with van der Waals surface area (Å²) < 4.78 is 10.4. The highest BCUT2D eigenvalue weighted by atomic mass is 16.7. The lowest BCUT2D eigenvalue weighted by molar-refractivity contribution is -0.223. The van der Waals surface area contributed by atoms with Gasteiger partial charge in [0.15, 0.2) is 0 Å². The summed E-state index contributed by atoms with van der Waals surface area (Å²) in [4.78, 5) is 24.2. The lowest BCUT2D eigenvalue weighted by Gasteiger charge is -2.27. The van der Waals surface area contributed by atoms with Gasteiger partial charge in [-0.15, -0.1) is 0 Å². The van der Waals surface area contributed by atoms with Gasteiger partial charge in [-0.2, -0.15) is 0 Å². The van der Waals surface area contributed by atoms with Crippen LogP contribution in [-0.4, -0.2) is 24.4 Å². The molecule has 6 nitrogen and oxygen atoms in total. The third-order valence-corrected chi connectivity index (χ3v) is 5.83. The molecule has 4 N–H and O–H groups in total. The zero-order valence-corrected chi connectivity index (χ0v) is 21.1. The van der Waals surface area contributed by atoms with Crippen LogP contribution in [0.1, 0.15) is 142 Å². The maximum absolute atomic E-state index is 12.1. The lowest BCUT2D eigenvalue weighted by Crippen LogP contribution is -2.54. The highest BCUT2D eigenvalue weighted by Gasteiger charge is 2.32. The maximum Gasteiger partial charge on any atom is 0.328 e. The molecule has 0 radical (unpaired) electrons. The molecule has 0 aliphatic heterocycles. The van der Waals surface area contributed by atoms with Crippen molar-refractivity contribution in [3.05, 3.63) is 0 Å². The quantitative estimate of drug-likeness (QED) is 0.103. The predicted molar refractivity (Wildman–Crippen MR) is 132 cm³/mol. The summed E-state index contributed by atoms with van der Waals surface area (Å²) in [7, 11) is 0. The van der Waals surface area contributed by atoms with Crippen LogP contribution >= 0.6 is 0 Å². The average Bonchev–Trinajstić information content (AvgIpc) is 2.76. The van der Waals surface area contributed by atoms with Crippen molar-refractivity contribution in [3.63, 3.8) is 0 Å². The largest absolute Gasteiger partial charge is 0.407 e. The van der Waals surface area contributed by atoms with Gasteiger partial charge in [0, 0.05) is 12.8 Å². The van der Waals surface area contributed by atoms with Crippen LogP contribution in [0.25, 0.3) is 0 Å². The molecular weight excluding hydrogens is 404 g/mol. The summed E-state index contributed by atoms with van der Waals surface area (Å²) in [5.74, 6) is -2.78. The molecule has 0 amide bonds. The minimum atomic E-state index is -1.85. The van der Waals surface area contributed by atoms with Crippen molar-refractivity contribution in [3.8, 4) is 0 Å². The Bertz CT molecular complexity index is 421. The number of esters is 2. The Morgan fingerprint density at radius 2 is 0.844 bits per heavy atom. The number of rotatable bonds is 23. The van der Waals surface area contributed by atoms with Crippen molar-refractivity contribution in [2.45, 2.75) is 148 Å². The SMILES string of the molecule is CCCCCCCCCCCC(=O)OC(N)(CN)OC(=O)CCCCCCCCCCC. The van der Waals surface area contributed by atoms with Crippen LogP contribution in [0, 0.1) is 0 Å². The Morgan fingerprint density at radius 1 is 0.562 bits per heavy atom. The first-order chi connectivity index (χ1) is 15.5. The van der Waals surface area contributed by atoms with Gasteiger partial charge in [0.1, 0.15) is 0 Å². The van der Waals surface area contributed by atoms with E-state index in [-0.39, 0.29) is 19.4 Å².